The molecule has 0 saturated carbocycles. The Morgan fingerprint density at radius 3 is 2.87 bits per heavy atom. The van der Waals surface area contributed by atoms with E-state index in [-0.39, 0.29) is 24.0 Å². The number of hydrogen-bond donors (Lipinski definition) is 2. The van der Waals surface area contributed by atoms with Crippen LogP contribution in [-0.2, 0) is 13.0 Å². The predicted molar refractivity (Wildman–Crippen MR) is 108 cm³/mol. The molecule has 1 aromatic carbocycles. The van der Waals surface area contributed by atoms with E-state index in [4.69, 9.17) is 0 Å². The van der Waals surface area contributed by atoms with E-state index in [0.29, 0.717) is 12.5 Å². The van der Waals surface area contributed by atoms with Gasteiger partial charge in [0.15, 0.2) is 5.96 Å². The third kappa shape index (κ3) is 4.67. The predicted octanol–water partition coefficient (Wildman–Crippen LogP) is 3.46. The molecule has 0 saturated heterocycles. The highest BCUT2D eigenvalue weighted by atomic mass is 127. The fourth-order valence-electron chi connectivity index (χ4n) is 2.73. The van der Waals surface area contributed by atoms with Gasteiger partial charge in [0.05, 0.1) is 6.54 Å². The molecule has 1 aliphatic rings. The van der Waals surface area contributed by atoms with Crippen molar-refractivity contribution < 1.29 is 0 Å². The molecule has 0 amide bonds. The average Bonchev–Trinajstić information content (AvgIpc) is 2.91. The van der Waals surface area contributed by atoms with Crippen molar-refractivity contribution in [3.8, 4) is 0 Å². The number of hydrogen-bond acceptors (Lipinski definition) is 3. The molecule has 2 N–H and O–H groups in total. The number of thiazole rings is 1. The van der Waals surface area contributed by atoms with Crippen LogP contribution in [0, 0.1) is 6.92 Å². The zero-order valence-electron chi connectivity index (χ0n) is 13.5. The van der Waals surface area contributed by atoms with E-state index in [1.165, 1.54) is 16.0 Å². The van der Waals surface area contributed by atoms with Crippen molar-refractivity contribution in [1.29, 1.82) is 0 Å². The van der Waals surface area contributed by atoms with E-state index in [9.17, 15) is 0 Å². The number of nitrogens with one attached hydrogen (secondary N) is 2. The standard InChI is InChI=1S/C17H22N4S.HI/c1-3-18-17(21-11-16-19-9-12(2)22-16)20-10-14-8-13-6-4-5-7-15(13)14;/h4-7,9,14H,3,8,10-11H2,1-2H3,(H2,18,20,21);1H. The monoisotopic (exact) mass is 442 g/mol. The fraction of sp³-hybridized carbons (Fsp3) is 0.412. The number of halogens is 1. The summed E-state index contributed by atoms with van der Waals surface area (Å²) in [5.74, 6) is 1.47. The highest BCUT2D eigenvalue weighted by molar-refractivity contribution is 14.0. The number of aliphatic imine (C=N–C) groups is 1. The molecule has 0 fully saturated rings. The van der Waals surface area contributed by atoms with Gasteiger partial charge in [-0.15, -0.1) is 35.3 Å². The zero-order valence-corrected chi connectivity index (χ0v) is 16.7. The Bertz CT molecular complexity index is 668. The Kier molecular flexibility index (Phi) is 6.83. The fourth-order valence-corrected chi connectivity index (χ4v) is 3.44. The third-order valence-corrected chi connectivity index (χ3v) is 4.76. The van der Waals surface area contributed by atoms with E-state index >= 15 is 0 Å². The zero-order chi connectivity index (χ0) is 15.4. The van der Waals surface area contributed by atoms with Crippen LogP contribution in [0.3, 0.4) is 0 Å². The Balaban J connectivity index is 0.00000192. The first kappa shape index (κ1) is 18.2. The molecule has 1 unspecified atom stereocenters. The van der Waals surface area contributed by atoms with Crippen LogP contribution in [0.25, 0.3) is 0 Å². The van der Waals surface area contributed by atoms with Gasteiger partial charge < -0.3 is 10.6 Å². The van der Waals surface area contributed by atoms with Crippen LogP contribution in [0.1, 0.15) is 33.9 Å². The lowest BCUT2D eigenvalue weighted by molar-refractivity contribution is 0.584. The van der Waals surface area contributed by atoms with E-state index < -0.39 is 0 Å². The van der Waals surface area contributed by atoms with Crippen LogP contribution in [-0.4, -0.2) is 24.0 Å². The quantitative estimate of drug-likeness (QED) is 0.424. The Morgan fingerprint density at radius 2 is 2.17 bits per heavy atom. The molecule has 23 heavy (non-hydrogen) atoms. The molecule has 0 radical (unpaired) electrons. The summed E-state index contributed by atoms with van der Waals surface area (Å²) in [5, 5.41) is 7.82. The minimum absolute atomic E-state index is 0. The molecule has 1 aliphatic carbocycles. The normalized spacial score (nSPS) is 16.1. The van der Waals surface area contributed by atoms with Crippen molar-refractivity contribution in [2.45, 2.75) is 32.7 Å². The molecule has 1 aromatic heterocycles. The van der Waals surface area contributed by atoms with E-state index in [0.717, 1.165) is 30.5 Å². The van der Waals surface area contributed by atoms with Crippen molar-refractivity contribution in [3.05, 3.63) is 51.5 Å². The molecule has 3 rings (SSSR count). The van der Waals surface area contributed by atoms with E-state index in [1.54, 1.807) is 11.3 Å². The lowest BCUT2D eigenvalue weighted by atomic mass is 9.78. The highest BCUT2D eigenvalue weighted by Gasteiger charge is 2.25. The first-order valence-electron chi connectivity index (χ1n) is 7.77. The first-order valence-corrected chi connectivity index (χ1v) is 8.59. The second-order valence-corrected chi connectivity index (χ2v) is 6.86. The van der Waals surface area contributed by atoms with Gasteiger partial charge in [0.2, 0.25) is 0 Å². The number of rotatable bonds is 5. The Labute approximate surface area is 158 Å². The lowest BCUT2D eigenvalue weighted by Gasteiger charge is -2.30. The van der Waals surface area contributed by atoms with Crippen LogP contribution in [0.5, 0.6) is 0 Å². The van der Waals surface area contributed by atoms with Gasteiger partial charge in [-0.1, -0.05) is 24.3 Å². The third-order valence-electron chi connectivity index (χ3n) is 3.86. The van der Waals surface area contributed by atoms with Gasteiger partial charge in [0.25, 0.3) is 0 Å². The summed E-state index contributed by atoms with van der Waals surface area (Å²) in [6.45, 7) is 6.59. The number of fused-ring (bicyclic) bond motifs is 1. The SMILES string of the molecule is CCNC(=NCc1ncc(C)s1)NCC1Cc2ccccc21.I. The van der Waals surface area contributed by atoms with Crippen molar-refractivity contribution in [3.63, 3.8) is 0 Å². The Hall–Kier alpha value is -1.15. The van der Waals surface area contributed by atoms with E-state index in [2.05, 4.69) is 58.7 Å². The molecular weight excluding hydrogens is 419 g/mol. The van der Waals surface area contributed by atoms with Gasteiger partial charge in [0.1, 0.15) is 5.01 Å². The first-order chi connectivity index (χ1) is 10.8. The second-order valence-electron chi connectivity index (χ2n) is 5.54. The van der Waals surface area contributed by atoms with Crippen LogP contribution in [0.15, 0.2) is 35.5 Å². The summed E-state index contributed by atoms with van der Waals surface area (Å²) >= 11 is 1.70. The molecule has 0 aliphatic heterocycles. The second kappa shape index (κ2) is 8.63. The topological polar surface area (TPSA) is 49.3 Å². The molecule has 4 nitrogen and oxygen atoms in total. The summed E-state index contributed by atoms with van der Waals surface area (Å²) in [6.07, 6.45) is 3.06. The molecule has 6 heteroatoms. The summed E-state index contributed by atoms with van der Waals surface area (Å²) in [4.78, 5) is 10.2. The Morgan fingerprint density at radius 1 is 1.35 bits per heavy atom. The molecule has 124 valence electrons. The molecule has 0 bridgehead atoms. The molecule has 0 spiro atoms. The van der Waals surface area contributed by atoms with Crippen molar-refractivity contribution in [2.24, 2.45) is 4.99 Å². The average molecular weight is 442 g/mol. The summed E-state index contributed by atoms with van der Waals surface area (Å²) < 4.78 is 0. The van der Waals surface area contributed by atoms with Gasteiger partial charge in [-0.2, -0.15) is 0 Å². The van der Waals surface area contributed by atoms with Crippen molar-refractivity contribution in [1.82, 2.24) is 15.6 Å². The highest BCUT2D eigenvalue weighted by Crippen LogP contribution is 2.33. The van der Waals surface area contributed by atoms with Crippen LogP contribution in [0.4, 0.5) is 0 Å². The number of aryl methyl sites for hydroxylation is 1. The minimum atomic E-state index is 0. The molecular formula is C17H23IN4S. The minimum Gasteiger partial charge on any atom is -0.357 e. The maximum atomic E-state index is 4.63. The maximum absolute atomic E-state index is 4.63. The summed E-state index contributed by atoms with van der Waals surface area (Å²) in [6, 6.07) is 8.68. The number of nitrogens with zero attached hydrogens (tertiary/aromatic N) is 2. The maximum Gasteiger partial charge on any atom is 0.191 e. The number of benzene rings is 1. The van der Waals surface area contributed by atoms with Gasteiger partial charge >= 0.3 is 0 Å². The van der Waals surface area contributed by atoms with Gasteiger partial charge in [-0.3, -0.25) is 0 Å². The number of guanidine groups is 1. The summed E-state index contributed by atoms with van der Waals surface area (Å²) in [7, 11) is 0. The van der Waals surface area contributed by atoms with Crippen LogP contribution in [0.2, 0.25) is 0 Å². The molecule has 1 heterocycles. The number of aromatic nitrogens is 1. The van der Waals surface area contributed by atoms with Crippen LogP contribution < -0.4 is 10.6 Å². The van der Waals surface area contributed by atoms with Crippen LogP contribution >= 0.6 is 35.3 Å². The van der Waals surface area contributed by atoms with E-state index in [1.807, 2.05) is 6.20 Å². The smallest absolute Gasteiger partial charge is 0.191 e. The van der Waals surface area contributed by atoms with Crippen molar-refractivity contribution in [2.75, 3.05) is 13.1 Å². The van der Waals surface area contributed by atoms with Gasteiger partial charge in [-0.25, -0.2) is 9.98 Å². The summed E-state index contributed by atoms with van der Waals surface area (Å²) in [5.41, 5.74) is 2.95. The van der Waals surface area contributed by atoms with Gasteiger partial charge in [-0.05, 0) is 31.4 Å². The van der Waals surface area contributed by atoms with Crippen molar-refractivity contribution >= 4 is 41.3 Å². The lowest BCUT2D eigenvalue weighted by Crippen LogP contribution is -2.41. The largest absolute Gasteiger partial charge is 0.357 e. The van der Waals surface area contributed by atoms with Gasteiger partial charge in [0, 0.05) is 30.1 Å². The molecule has 1 atom stereocenters. The molecule has 2 aromatic rings.